The number of hydrogen-bond acceptors (Lipinski definition) is 7. The first-order valence-corrected chi connectivity index (χ1v) is 10.2. The maximum Gasteiger partial charge on any atom is 0.243 e. The van der Waals surface area contributed by atoms with Crippen LogP contribution in [-0.4, -0.2) is 77.6 Å². The minimum atomic E-state index is -3.47. The van der Waals surface area contributed by atoms with Gasteiger partial charge in [0.05, 0.1) is 11.5 Å². The summed E-state index contributed by atoms with van der Waals surface area (Å²) in [6.07, 6.45) is 1.61. The number of H-pyrrole nitrogens is 1. The largest absolute Gasteiger partial charge is 0.494 e. The minimum Gasteiger partial charge on any atom is -0.494 e. The van der Waals surface area contributed by atoms with Gasteiger partial charge in [0.15, 0.2) is 5.82 Å². The van der Waals surface area contributed by atoms with Crippen LogP contribution in [-0.2, 0) is 16.4 Å². The molecule has 1 N–H and O–H groups in total. The van der Waals surface area contributed by atoms with Crippen molar-refractivity contribution in [3.05, 3.63) is 30.1 Å². The van der Waals surface area contributed by atoms with Crippen molar-refractivity contribution in [1.82, 2.24) is 29.8 Å². The number of piperazine rings is 1. The van der Waals surface area contributed by atoms with Crippen molar-refractivity contribution in [2.75, 3.05) is 39.3 Å². The first kappa shape index (κ1) is 18.7. The average molecular weight is 380 g/mol. The first-order chi connectivity index (χ1) is 12.6. The van der Waals surface area contributed by atoms with Crippen LogP contribution < -0.4 is 4.74 Å². The lowest BCUT2D eigenvalue weighted by Gasteiger charge is -2.33. The second kappa shape index (κ2) is 8.56. The van der Waals surface area contributed by atoms with Crippen LogP contribution in [0.15, 0.2) is 29.2 Å². The summed E-state index contributed by atoms with van der Waals surface area (Å²) >= 11 is 0. The molecule has 3 rings (SSSR count). The highest BCUT2D eigenvalue weighted by molar-refractivity contribution is 7.89. The van der Waals surface area contributed by atoms with Gasteiger partial charge in [-0.15, -0.1) is 10.2 Å². The van der Waals surface area contributed by atoms with Crippen molar-refractivity contribution in [1.29, 1.82) is 0 Å². The van der Waals surface area contributed by atoms with Gasteiger partial charge in [-0.2, -0.15) is 9.52 Å². The van der Waals surface area contributed by atoms with Crippen molar-refractivity contribution in [2.45, 2.75) is 24.7 Å². The highest BCUT2D eigenvalue weighted by Crippen LogP contribution is 2.21. The summed E-state index contributed by atoms with van der Waals surface area (Å²) in [5.74, 6) is 1.36. The molecule has 0 radical (unpaired) electrons. The molecule has 1 fully saturated rings. The number of ether oxygens (including phenoxy) is 1. The van der Waals surface area contributed by atoms with Crippen LogP contribution in [0.5, 0.6) is 5.75 Å². The Labute approximate surface area is 153 Å². The third kappa shape index (κ3) is 4.57. The predicted molar refractivity (Wildman–Crippen MR) is 95.3 cm³/mol. The maximum atomic E-state index is 12.8. The smallest absolute Gasteiger partial charge is 0.243 e. The fraction of sp³-hybridized carbons (Fsp3) is 0.562. The molecule has 9 nitrogen and oxygen atoms in total. The van der Waals surface area contributed by atoms with Crippen molar-refractivity contribution >= 4 is 10.0 Å². The van der Waals surface area contributed by atoms with Gasteiger partial charge >= 0.3 is 0 Å². The molecule has 2 heterocycles. The Bertz CT molecular complexity index is 771. The Hall–Kier alpha value is -2.04. The fourth-order valence-electron chi connectivity index (χ4n) is 2.82. The lowest BCUT2D eigenvalue weighted by Crippen LogP contribution is -2.49. The van der Waals surface area contributed by atoms with Crippen molar-refractivity contribution in [2.24, 2.45) is 0 Å². The monoisotopic (exact) mass is 380 g/mol. The third-order valence-corrected chi connectivity index (χ3v) is 6.22. The predicted octanol–water partition coefficient (Wildman–Crippen LogP) is 0.538. The normalized spacial score (nSPS) is 16.7. The summed E-state index contributed by atoms with van der Waals surface area (Å²) in [6, 6.07) is 6.65. The van der Waals surface area contributed by atoms with E-state index in [4.69, 9.17) is 4.74 Å². The Kier molecular flexibility index (Phi) is 6.17. The number of tetrazole rings is 1. The molecule has 0 atom stereocenters. The molecule has 2 aromatic rings. The second-order valence-electron chi connectivity index (χ2n) is 6.14. The Morgan fingerprint density at radius 1 is 1.15 bits per heavy atom. The first-order valence-electron chi connectivity index (χ1n) is 8.77. The van der Waals surface area contributed by atoms with Gasteiger partial charge in [0, 0.05) is 39.1 Å². The quantitative estimate of drug-likeness (QED) is 0.712. The number of nitrogens with one attached hydrogen (secondary N) is 1. The van der Waals surface area contributed by atoms with Gasteiger partial charge in [-0.3, -0.25) is 0 Å². The van der Waals surface area contributed by atoms with Gasteiger partial charge in [-0.25, -0.2) is 8.42 Å². The van der Waals surface area contributed by atoms with Crippen LogP contribution in [0.25, 0.3) is 0 Å². The van der Waals surface area contributed by atoms with Gasteiger partial charge in [0.25, 0.3) is 0 Å². The Morgan fingerprint density at radius 3 is 2.50 bits per heavy atom. The van der Waals surface area contributed by atoms with Gasteiger partial charge in [-0.1, -0.05) is 12.1 Å². The molecule has 0 spiro atoms. The van der Waals surface area contributed by atoms with Gasteiger partial charge < -0.3 is 9.64 Å². The Morgan fingerprint density at radius 2 is 1.88 bits per heavy atom. The van der Waals surface area contributed by atoms with E-state index in [0.29, 0.717) is 55.7 Å². The molecule has 1 aromatic heterocycles. The van der Waals surface area contributed by atoms with Crippen LogP contribution >= 0.6 is 0 Å². The van der Waals surface area contributed by atoms with E-state index in [0.717, 1.165) is 13.0 Å². The molecule has 142 valence electrons. The van der Waals surface area contributed by atoms with Crippen LogP contribution in [0.2, 0.25) is 0 Å². The molecule has 0 bridgehead atoms. The number of nitrogens with zero attached hydrogens (tertiary/aromatic N) is 5. The summed E-state index contributed by atoms with van der Waals surface area (Å²) in [7, 11) is -3.47. The molecule has 1 saturated heterocycles. The summed E-state index contributed by atoms with van der Waals surface area (Å²) in [5, 5.41) is 13.8. The highest BCUT2D eigenvalue weighted by Gasteiger charge is 2.28. The zero-order valence-electron chi connectivity index (χ0n) is 14.8. The topological polar surface area (TPSA) is 104 Å². The van der Waals surface area contributed by atoms with E-state index in [1.807, 2.05) is 6.92 Å². The maximum absolute atomic E-state index is 12.8. The number of aromatic nitrogens is 4. The van der Waals surface area contributed by atoms with Gasteiger partial charge in [0.1, 0.15) is 5.75 Å². The zero-order chi connectivity index (χ0) is 18.4. The standard InChI is InChI=1S/C16H24N6O3S/c1-2-13-25-14-3-5-15(6-4-14)26(23,24)22-11-9-21(10-12-22)8-7-16-17-19-20-18-16/h3-6H,2,7-13H2,1H3,(H,17,18,19,20). The lowest BCUT2D eigenvalue weighted by atomic mass is 10.3. The average Bonchev–Trinajstić information content (AvgIpc) is 3.19. The molecule has 1 aromatic carbocycles. The van der Waals surface area contributed by atoms with Gasteiger partial charge in [-0.05, 0) is 30.7 Å². The van der Waals surface area contributed by atoms with Crippen molar-refractivity contribution in [3.63, 3.8) is 0 Å². The molecular weight excluding hydrogens is 356 g/mol. The van der Waals surface area contributed by atoms with E-state index in [9.17, 15) is 8.42 Å². The van der Waals surface area contributed by atoms with E-state index >= 15 is 0 Å². The van der Waals surface area contributed by atoms with E-state index in [1.165, 1.54) is 0 Å². The molecule has 0 amide bonds. The molecule has 26 heavy (non-hydrogen) atoms. The Balaban J connectivity index is 1.53. The fourth-order valence-corrected chi connectivity index (χ4v) is 4.24. The van der Waals surface area contributed by atoms with Crippen LogP contribution in [0.4, 0.5) is 0 Å². The van der Waals surface area contributed by atoms with Crippen LogP contribution in [0.3, 0.4) is 0 Å². The molecule has 0 saturated carbocycles. The number of rotatable bonds is 8. The molecule has 0 aliphatic carbocycles. The summed E-state index contributed by atoms with van der Waals surface area (Å²) in [5.41, 5.74) is 0. The van der Waals surface area contributed by atoms with E-state index in [1.54, 1.807) is 28.6 Å². The second-order valence-corrected chi connectivity index (χ2v) is 8.08. The summed E-state index contributed by atoms with van der Waals surface area (Å²) in [6.45, 7) is 5.77. The number of hydrogen-bond donors (Lipinski definition) is 1. The SMILES string of the molecule is CCCOc1ccc(S(=O)(=O)N2CCN(CCc3nn[nH]n3)CC2)cc1. The molecule has 10 heteroatoms. The number of sulfonamides is 1. The van der Waals surface area contributed by atoms with Crippen molar-refractivity contribution < 1.29 is 13.2 Å². The van der Waals surface area contributed by atoms with E-state index < -0.39 is 10.0 Å². The number of aromatic amines is 1. The zero-order valence-corrected chi connectivity index (χ0v) is 15.7. The third-order valence-electron chi connectivity index (χ3n) is 4.31. The van der Waals surface area contributed by atoms with Crippen molar-refractivity contribution in [3.8, 4) is 5.75 Å². The number of benzene rings is 1. The van der Waals surface area contributed by atoms with Gasteiger partial charge in [0.2, 0.25) is 10.0 Å². The minimum absolute atomic E-state index is 0.307. The lowest BCUT2D eigenvalue weighted by molar-refractivity contribution is 0.189. The molecule has 1 aliphatic rings. The van der Waals surface area contributed by atoms with Crippen LogP contribution in [0.1, 0.15) is 19.2 Å². The molecular formula is C16H24N6O3S. The summed E-state index contributed by atoms with van der Waals surface area (Å²) < 4.78 is 32.6. The van der Waals surface area contributed by atoms with Crippen LogP contribution in [0, 0.1) is 0 Å². The highest BCUT2D eigenvalue weighted by atomic mass is 32.2. The van der Waals surface area contributed by atoms with E-state index in [2.05, 4.69) is 25.5 Å². The van der Waals surface area contributed by atoms with E-state index in [-0.39, 0.29) is 0 Å². The molecule has 1 aliphatic heterocycles. The molecule has 0 unspecified atom stereocenters. The summed E-state index contributed by atoms with van der Waals surface area (Å²) in [4.78, 5) is 2.52.